The molecule has 1 N–H and O–H groups in total. The molecule has 36 heavy (non-hydrogen) atoms. The molecule has 0 aliphatic heterocycles. The summed E-state index contributed by atoms with van der Waals surface area (Å²) in [5, 5.41) is 2.52. The Labute approximate surface area is 211 Å². The van der Waals surface area contributed by atoms with Gasteiger partial charge in [-0.15, -0.1) is 0 Å². The van der Waals surface area contributed by atoms with Crippen molar-refractivity contribution in [2.24, 2.45) is 0 Å². The molecule has 0 aliphatic carbocycles. The van der Waals surface area contributed by atoms with E-state index in [0.717, 1.165) is 26.8 Å². The molecule has 3 aromatic rings. The Hall–Kier alpha value is -3.24. The van der Waals surface area contributed by atoms with E-state index < -0.39 is 27.5 Å². The molecule has 3 rings (SSSR count). The zero-order valence-corrected chi connectivity index (χ0v) is 22.5. The van der Waals surface area contributed by atoms with Crippen molar-refractivity contribution in [3.8, 4) is 11.1 Å². The van der Waals surface area contributed by atoms with Gasteiger partial charge in [0.2, 0.25) is 10.0 Å². The van der Waals surface area contributed by atoms with Crippen molar-refractivity contribution in [3.63, 3.8) is 0 Å². The van der Waals surface area contributed by atoms with Crippen LogP contribution in [0.4, 0.5) is 9.18 Å². The number of aromatic nitrogens is 2. The van der Waals surface area contributed by atoms with Gasteiger partial charge < -0.3 is 14.6 Å². The van der Waals surface area contributed by atoms with Crippen molar-refractivity contribution in [2.45, 2.75) is 51.7 Å². The number of rotatable bonds is 7. The van der Waals surface area contributed by atoms with Crippen molar-refractivity contribution < 1.29 is 22.3 Å². The molecular formula is C26H33FN4O4S. The maximum atomic E-state index is 14.9. The lowest BCUT2D eigenvalue weighted by atomic mass is 10.1. The molecule has 0 saturated heterocycles. The van der Waals surface area contributed by atoms with E-state index in [2.05, 4.69) is 5.32 Å². The lowest BCUT2D eigenvalue weighted by molar-refractivity contribution is 0.0534. The number of hydrogen-bond acceptors (Lipinski definition) is 5. The van der Waals surface area contributed by atoms with Gasteiger partial charge in [0.1, 0.15) is 11.4 Å². The summed E-state index contributed by atoms with van der Waals surface area (Å²) in [7, 11) is -0.665. The Morgan fingerprint density at radius 3 is 2.53 bits per heavy atom. The predicted octanol–water partition coefficient (Wildman–Crippen LogP) is 4.95. The minimum Gasteiger partial charge on any atom is -0.444 e. The number of nitrogens with one attached hydrogen (secondary N) is 1. The lowest BCUT2D eigenvalue weighted by Crippen LogP contribution is -2.32. The molecule has 0 aliphatic rings. The number of ether oxygens (including phenoxy) is 1. The fraction of sp³-hybridized carbons (Fsp3) is 0.385. The van der Waals surface area contributed by atoms with E-state index in [1.54, 1.807) is 43.5 Å². The number of aryl methyl sites for hydroxylation is 1. The second kappa shape index (κ2) is 10.4. The lowest BCUT2D eigenvalue weighted by Gasteiger charge is -2.19. The topological polar surface area (TPSA) is 93.5 Å². The molecule has 194 valence electrons. The van der Waals surface area contributed by atoms with Crippen LogP contribution in [0.25, 0.3) is 22.2 Å². The molecule has 2 heterocycles. The summed E-state index contributed by atoms with van der Waals surface area (Å²) >= 11 is 0. The molecule has 2 aromatic heterocycles. The molecule has 0 fully saturated rings. The normalized spacial score (nSPS) is 12.9. The van der Waals surface area contributed by atoms with Gasteiger partial charge in [-0.05, 0) is 70.5 Å². The number of hydrogen-bond donors (Lipinski definition) is 1. The predicted molar refractivity (Wildman–Crippen MR) is 139 cm³/mol. The van der Waals surface area contributed by atoms with Crippen molar-refractivity contribution in [1.29, 1.82) is 0 Å². The number of carbonyl (C=O) groups excluding carboxylic acids is 1. The van der Waals surface area contributed by atoms with Gasteiger partial charge in [-0.2, -0.15) is 0 Å². The van der Waals surface area contributed by atoms with Gasteiger partial charge in [0.15, 0.2) is 0 Å². The van der Waals surface area contributed by atoms with E-state index in [4.69, 9.17) is 9.72 Å². The van der Waals surface area contributed by atoms with Crippen LogP contribution in [0.2, 0.25) is 0 Å². The molecule has 1 aromatic carbocycles. The molecule has 0 saturated carbocycles. The molecule has 0 radical (unpaired) electrons. The third-order valence-corrected chi connectivity index (χ3v) is 7.30. The van der Waals surface area contributed by atoms with Gasteiger partial charge in [-0.25, -0.2) is 21.9 Å². The third-order valence-electron chi connectivity index (χ3n) is 5.49. The Morgan fingerprint density at radius 2 is 1.89 bits per heavy atom. The molecular weight excluding hydrogens is 483 g/mol. The largest absolute Gasteiger partial charge is 0.444 e. The van der Waals surface area contributed by atoms with Crippen molar-refractivity contribution in [2.75, 3.05) is 20.6 Å². The molecule has 0 bridgehead atoms. The molecule has 0 atom stereocenters. The number of halogens is 1. The number of amides is 1. The highest BCUT2D eigenvalue weighted by Crippen LogP contribution is 2.35. The van der Waals surface area contributed by atoms with E-state index in [1.807, 2.05) is 32.0 Å². The van der Waals surface area contributed by atoms with E-state index in [-0.39, 0.29) is 18.0 Å². The van der Waals surface area contributed by atoms with Crippen LogP contribution < -0.4 is 5.32 Å². The summed E-state index contributed by atoms with van der Waals surface area (Å²) in [6, 6.07) is 10.4. The molecule has 0 unspecified atom stereocenters. The molecule has 10 heteroatoms. The Bertz CT molecular complexity index is 1420. The Balaban J connectivity index is 1.98. The van der Waals surface area contributed by atoms with E-state index in [9.17, 15) is 17.6 Å². The fourth-order valence-electron chi connectivity index (χ4n) is 3.79. The van der Waals surface area contributed by atoms with Gasteiger partial charge in [0.05, 0.1) is 22.5 Å². The van der Waals surface area contributed by atoms with Gasteiger partial charge in [-0.3, -0.25) is 4.98 Å². The van der Waals surface area contributed by atoms with Crippen molar-refractivity contribution in [1.82, 2.24) is 19.2 Å². The highest BCUT2D eigenvalue weighted by Gasteiger charge is 2.22. The SMILES string of the molecule is Cc1ccc2c(n1)c(-c1cccc(S(=O)(=O)N(C)C)c1)c(C)n2C/C(F)=C/CNC(=O)OC(C)(C)C. The number of allylic oxidation sites excluding steroid dienone is 1. The Morgan fingerprint density at radius 1 is 1.19 bits per heavy atom. The Kier molecular flexibility index (Phi) is 7.90. The number of nitrogens with zero attached hydrogens (tertiary/aromatic N) is 3. The summed E-state index contributed by atoms with van der Waals surface area (Å²) in [6.45, 7) is 8.88. The maximum absolute atomic E-state index is 14.9. The smallest absolute Gasteiger partial charge is 0.407 e. The van der Waals surface area contributed by atoms with Crippen molar-refractivity contribution >= 4 is 27.1 Å². The highest BCUT2D eigenvalue weighted by atomic mass is 32.2. The number of pyridine rings is 1. The van der Waals surface area contributed by atoms with Crippen LogP contribution in [0.3, 0.4) is 0 Å². The first-order chi connectivity index (χ1) is 16.7. The van der Waals surface area contributed by atoms with Gasteiger partial charge in [-0.1, -0.05) is 12.1 Å². The average Bonchev–Trinajstić information content (AvgIpc) is 3.02. The van der Waals surface area contributed by atoms with E-state index in [0.29, 0.717) is 11.1 Å². The standard InChI is InChI=1S/C26H33FN4O4S/c1-17-11-12-22-24(29-17)23(19-9-8-10-21(15-19)36(33,34)30(6)7)18(2)31(22)16-20(27)13-14-28-25(32)35-26(3,4)5/h8-13,15H,14,16H2,1-7H3,(H,28,32)/b20-13-. The molecule has 1 amide bonds. The zero-order chi connectivity index (χ0) is 26.8. The summed E-state index contributed by atoms with van der Waals surface area (Å²) in [5.74, 6) is -0.442. The van der Waals surface area contributed by atoms with Gasteiger partial charge in [0, 0.05) is 37.6 Å². The maximum Gasteiger partial charge on any atom is 0.407 e. The molecule has 8 nitrogen and oxygen atoms in total. The van der Waals surface area contributed by atoms with E-state index >= 15 is 0 Å². The van der Waals surface area contributed by atoms with Crippen LogP contribution in [0, 0.1) is 13.8 Å². The summed E-state index contributed by atoms with van der Waals surface area (Å²) in [4.78, 5) is 16.7. The monoisotopic (exact) mass is 516 g/mol. The minimum atomic E-state index is -3.63. The van der Waals surface area contributed by atoms with Crippen molar-refractivity contribution in [3.05, 3.63) is 59.7 Å². The first-order valence-electron chi connectivity index (χ1n) is 11.5. The number of carbonyl (C=O) groups is 1. The van der Waals surface area contributed by atoms with E-state index in [1.165, 1.54) is 20.2 Å². The third kappa shape index (κ3) is 6.11. The van der Waals surface area contributed by atoms with Crippen LogP contribution in [-0.2, 0) is 21.3 Å². The molecule has 0 spiro atoms. The zero-order valence-electron chi connectivity index (χ0n) is 21.7. The first-order valence-corrected chi connectivity index (χ1v) is 13.0. The highest BCUT2D eigenvalue weighted by molar-refractivity contribution is 7.89. The number of fused-ring (bicyclic) bond motifs is 1. The number of alkyl carbamates (subject to hydrolysis) is 1. The van der Waals surface area contributed by atoms with Crippen LogP contribution in [0.5, 0.6) is 0 Å². The van der Waals surface area contributed by atoms with Gasteiger partial charge in [0.25, 0.3) is 0 Å². The first kappa shape index (κ1) is 27.3. The minimum absolute atomic E-state index is 0.0202. The second-order valence-electron chi connectivity index (χ2n) is 9.72. The average molecular weight is 517 g/mol. The number of benzene rings is 1. The van der Waals surface area contributed by atoms with Crippen LogP contribution in [-0.4, -0.2) is 54.6 Å². The van der Waals surface area contributed by atoms with Crippen LogP contribution in [0.1, 0.15) is 32.2 Å². The fourth-order valence-corrected chi connectivity index (χ4v) is 4.73. The quantitative estimate of drug-likeness (QED) is 0.480. The number of sulfonamides is 1. The van der Waals surface area contributed by atoms with Crippen LogP contribution in [0.15, 0.2) is 53.2 Å². The summed E-state index contributed by atoms with van der Waals surface area (Å²) in [5.41, 5.74) is 3.68. The second-order valence-corrected chi connectivity index (χ2v) is 11.9. The summed E-state index contributed by atoms with van der Waals surface area (Å²) < 4.78 is 48.5. The van der Waals surface area contributed by atoms with Crippen LogP contribution >= 0.6 is 0 Å². The summed E-state index contributed by atoms with van der Waals surface area (Å²) in [6.07, 6.45) is 0.671. The van der Waals surface area contributed by atoms with Gasteiger partial charge >= 0.3 is 6.09 Å².